The predicted molar refractivity (Wildman–Crippen MR) is 72.7 cm³/mol. The van der Waals surface area contributed by atoms with E-state index in [4.69, 9.17) is 10.5 Å². The van der Waals surface area contributed by atoms with E-state index in [1.54, 1.807) is 41.8 Å². The maximum absolute atomic E-state index is 11.9. The highest BCUT2D eigenvalue weighted by Crippen LogP contribution is 2.18. The first-order valence-electron chi connectivity index (χ1n) is 5.32. The van der Waals surface area contributed by atoms with Gasteiger partial charge in [0.25, 0.3) is 0 Å². The van der Waals surface area contributed by atoms with Crippen LogP contribution in [0.4, 0.5) is 5.69 Å². The summed E-state index contributed by atoms with van der Waals surface area (Å²) in [5, 5.41) is 1.74. The summed E-state index contributed by atoms with van der Waals surface area (Å²) in [5.41, 5.74) is 6.19. The Balaban J connectivity index is 1.93. The van der Waals surface area contributed by atoms with Gasteiger partial charge < -0.3 is 10.5 Å². The number of rotatable bonds is 5. The SMILES string of the molecule is Nc1cccc(OCCS(=O)(=O)c2cccs2)c1. The Labute approximate surface area is 110 Å². The quantitative estimate of drug-likeness (QED) is 0.854. The van der Waals surface area contributed by atoms with Crippen molar-refractivity contribution in [3.05, 3.63) is 41.8 Å². The molecule has 6 heteroatoms. The van der Waals surface area contributed by atoms with Crippen LogP contribution < -0.4 is 10.5 Å². The van der Waals surface area contributed by atoms with Gasteiger partial charge in [-0.05, 0) is 23.6 Å². The summed E-state index contributed by atoms with van der Waals surface area (Å²) in [6.07, 6.45) is 0. The minimum atomic E-state index is -3.23. The second-order valence-corrected chi connectivity index (χ2v) is 6.96. The van der Waals surface area contributed by atoms with Crippen molar-refractivity contribution in [3.8, 4) is 5.75 Å². The largest absolute Gasteiger partial charge is 0.492 e. The maximum Gasteiger partial charge on any atom is 0.191 e. The molecule has 2 N–H and O–H groups in total. The number of hydrogen-bond donors (Lipinski definition) is 1. The van der Waals surface area contributed by atoms with Gasteiger partial charge in [-0.15, -0.1) is 11.3 Å². The molecule has 0 aliphatic carbocycles. The lowest BCUT2D eigenvalue weighted by Crippen LogP contribution is -2.13. The molecule has 0 aliphatic heterocycles. The van der Waals surface area contributed by atoms with Gasteiger partial charge in [0.15, 0.2) is 9.84 Å². The zero-order valence-corrected chi connectivity index (χ0v) is 11.2. The van der Waals surface area contributed by atoms with Crippen LogP contribution >= 0.6 is 11.3 Å². The van der Waals surface area contributed by atoms with Crippen molar-refractivity contribution in [2.24, 2.45) is 0 Å². The summed E-state index contributed by atoms with van der Waals surface area (Å²) in [6, 6.07) is 10.2. The van der Waals surface area contributed by atoms with Crippen molar-refractivity contribution < 1.29 is 13.2 Å². The van der Waals surface area contributed by atoms with Crippen LogP contribution in [0.2, 0.25) is 0 Å². The molecular weight excluding hydrogens is 270 g/mol. The minimum Gasteiger partial charge on any atom is -0.492 e. The second kappa shape index (κ2) is 5.41. The van der Waals surface area contributed by atoms with E-state index in [1.807, 2.05) is 0 Å². The molecule has 0 saturated heterocycles. The number of nitrogen functional groups attached to an aromatic ring is 1. The topological polar surface area (TPSA) is 69.4 Å². The third kappa shape index (κ3) is 3.24. The molecule has 1 aromatic carbocycles. The van der Waals surface area contributed by atoms with Crippen molar-refractivity contribution in [2.75, 3.05) is 18.1 Å². The molecule has 1 aromatic heterocycles. The lowest BCUT2D eigenvalue weighted by atomic mass is 10.3. The molecule has 1 heterocycles. The smallest absolute Gasteiger partial charge is 0.191 e. The molecule has 4 nitrogen and oxygen atoms in total. The number of ether oxygens (including phenoxy) is 1. The van der Waals surface area contributed by atoms with Crippen LogP contribution in [0, 0.1) is 0 Å². The maximum atomic E-state index is 11.9. The molecule has 0 spiro atoms. The fourth-order valence-corrected chi connectivity index (χ4v) is 3.66. The molecule has 0 amide bonds. The predicted octanol–water partition coefficient (Wildman–Crippen LogP) is 2.18. The van der Waals surface area contributed by atoms with Gasteiger partial charge in [0.1, 0.15) is 16.6 Å². The van der Waals surface area contributed by atoms with E-state index < -0.39 is 9.84 Å². The van der Waals surface area contributed by atoms with Gasteiger partial charge in [0.2, 0.25) is 0 Å². The normalized spacial score (nSPS) is 11.3. The summed E-state index contributed by atoms with van der Waals surface area (Å²) in [6.45, 7) is 0.115. The molecule has 96 valence electrons. The first-order valence-corrected chi connectivity index (χ1v) is 7.86. The van der Waals surface area contributed by atoms with Gasteiger partial charge >= 0.3 is 0 Å². The fourth-order valence-electron chi connectivity index (χ4n) is 1.41. The number of thiophene rings is 1. The number of sulfone groups is 1. The molecule has 0 bridgehead atoms. The zero-order valence-electron chi connectivity index (χ0n) is 9.57. The summed E-state index contributed by atoms with van der Waals surface area (Å²) in [7, 11) is -3.23. The Kier molecular flexibility index (Phi) is 3.88. The van der Waals surface area contributed by atoms with Gasteiger partial charge in [0.05, 0.1) is 5.75 Å². The summed E-state index contributed by atoms with van der Waals surface area (Å²) >= 11 is 1.22. The number of nitrogens with two attached hydrogens (primary N) is 1. The molecule has 0 saturated carbocycles. The third-order valence-electron chi connectivity index (χ3n) is 2.28. The molecule has 0 unspecified atom stereocenters. The van der Waals surface area contributed by atoms with Crippen LogP contribution in [-0.2, 0) is 9.84 Å². The monoisotopic (exact) mass is 283 g/mol. The molecule has 2 rings (SSSR count). The van der Waals surface area contributed by atoms with Crippen LogP contribution in [0.15, 0.2) is 46.0 Å². The number of hydrogen-bond acceptors (Lipinski definition) is 5. The van der Waals surface area contributed by atoms with Crippen LogP contribution in [-0.4, -0.2) is 20.8 Å². The average molecular weight is 283 g/mol. The van der Waals surface area contributed by atoms with Gasteiger partial charge in [-0.2, -0.15) is 0 Å². The Morgan fingerprint density at radius 1 is 1.22 bits per heavy atom. The highest BCUT2D eigenvalue weighted by molar-refractivity contribution is 7.93. The van der Waals surface area contributed by atoms with Crippen LogP contribution in [0.3, 0.4) is 0 Å². The molecule has 0 fully saturated rings. The lowest BCUT2D eigenvalue weighted by Gasteiger charge is -2.06. The van der Waals surface area contributed by atoms with E-state index in [9.17, 15) is 8.42 Å². The number of anilines is 1. The first-order chi connectivity index (χ1) is 8.58. The van der Waals surface area contributed by atoms with Crippen LogP contribution in [0.1, 0.15) is 0 Å². The van der Waals surface area contributed by atoms with Gasteiger partial charge in [-0.3, -0.25) is 0 Å². The first kappa shape index (κ1) is 12.9. The van der Waals surface area contributed by atoms with Crippen LogP contribution in [0.25, 0.3) is 0 Å². The van der Waals surface area contributed by atoms with Gasteiger partial charge in [-0.1, -0.05) is 12.1 Å². The molecule has 0 aliphatic rings. The molecular formula is C12H13NO3S2. The van der Waals surface area contributed by atoms with Crippen molar-refractivity contribution in [1.82, 2.24) is 0 Å². The Bertz CT molecular complexity index is 606. The summed E-state index contributed by atoms with van der Waals surface area (Å²) < 4.78 is 29.5. The Hall–Kier alpha value is -1.53. The fraction of sp³-hybridized carbons (Fsp3) is 0.167. The van der Waals surface area contributed by atoms with E-state index in [0.717, 1.165) is 0 Å². The average Bonchev–Trinajstić information content (AvgIpc) is 2.83. The zero-order chi connectivity index (χ0) is 13.0. The summed E-state index contributed by atoms with van der Waals surface area (Å²) in [4.78, 5) is 0. The van der Waals surface area contributed by atoms with Crippen molar-refractivity contribution in [2.45, 2.75) is 4.21 Å². The highest BCUT2D eigenvalue weighted by atomic mass is 32.2. The van der Waals surface area contributed by atoms with E-state index in [-0.39, 0.29) is 12.4 Å². The Morgan fingerprint density at radius 2 is 2.06 bits per heavy atom. The second-order valence-electron chi connectivity index (χ2n) is 3.67. The molecule has 0 atom stereocenters. The lowest BCUT2D eigenvalue weighted by molar-refractivity contribution is 0.341. The minimum absolute atomic E-state index is 0.0394. The third-order valence-corrected chi connectivity index (χ3v) is 5.45. The van der Waals surface area contributed by atoms with Crippen molar-refractivity contribution in [1.29, 1.82) is 0 Å². The number of benzene rings is 1. The standard InChI is InChI=1S/C12H13NO3S2/c13-10-3-1-4-11(9-10)16-6-8-18(14,15)12-5-2-7-17-12/h1-5,7,9H,6,8,13H2. The van der Waals surface area contributed by atoms with E-state index in [0.29, 0.717) is 15.6 Å². The molecule has 2 aromatic rings. The van der Waals surface area contributed by atoms with Crippen molar-refractivity contribution in [3.63, 3.8) is 0 Å². The highest BCUT2D eigenvalue weighted by Gasteiger charge is 2.15. The van der Waals surface area contributed by atoms with Crippen LogP contribution in [0.5, 0.6) is 5.75 Å². The Morgan fingerprint density at radius 3 is 2.72 bits per heavy atom. The van der Waals surface area contributed by atoms with E-state index in [2.05, 4.69) is 0 Å². The van der Waals surface area contributed by atoms with E-state index >= 15 is 0 Å². The molecule has 0 radical (unpaired) electrons. The van der Waals surface area contributed by atoms with E-state index in [1.165, 1.54) is 11.3 Å². The summed E-state index contributed by atoms with van der Waals surface area (Å²) in [5.74, 6) is 0.541. The van der Waals surface area contributed by atoms with Gasteiger partial charge in [-0.25, -0.2) is 8.42 Å². The van der Waals surface area contributed by atoms with Crippen molar-refractivity contribution >= 4 is 26.9 Å². The van der Waals surface area contributed by atoms with Gasteiger partial charge in [0, 0.05) is 11.8 Å². The molecule has 18 heavy (non-hydrogen) atoms.